The van der Waals surface area contributed by atoms with Crippen LogP contribution in [-0.4, -0.2) is 62.3 Å². The van der Waals surface area contributed by atoms with Crippen molar-refractivity contribution in [1.29, 1.82) is 0 Å². The van der Waals surface area contributed by atoms with Gasteiger partial charge in [-0.1, -0.05) is 38.1 Å². The molecule has 1 amide bonds. The summed E-state index contributed by atoms with van der Waals surface area (Å²) in [5.74, 6) is 1.12. The van der Waals surface area contributed by atoms with Crippen LogP contribution >= 0.6 is 0 Å². The lowest BCUT2D eigenvalue weighted by molar-refractivity contribution is -0.135. The molecule has 0 aromatic heterocycles. The molecule has 3 rings (SSSR count). The van der Waals surface area contributed by atoms with E-state index in [0.29, 0.717) is 25.3 Å². The van der Waals surface area contributed by atoms with Crippen LogP contribution in [0.1, 0.15) is 50.7 Å². The normalized spacial score (nSPS) is 19.0. The van der Waals surface area contributed by atoms with Crippen LogP contribution in [0.25, 0.3) is 0 Å². The highest BCUT2D eigenvalue weighted by Gasteiger charge is 2.24. The average Bonchev–Trinajstić information content (AvgIpc) is 2.81. The quantitative estimate of drug-likeness (QED) is 0.514. The number of piperidine rings is 1. The summed E-state index contributed by atoms with van der Waals surface area (Å²) in [6, 6.07) is 8.84. The second-order valence-corrected chi connectivity index (χ2v) is 8.77. The number of nitrogens with one attached hydrogen (secondary N) is 2. The van der Waals surface area contributed by atoms with Gasteiger partial charge >= 0.3 is 0 Å². The number of carbonyl (C=O) groups is 1. The van der Waals surface area contributed by atoms with E-state index in [1.165, 1.54) is 11.1 Å². The predicted molar refractivity (Wildman–Crippen MR) is 123 cm³/mol. The summed E-state index contributed by atoms with van der Waals surface area (Å²) in [4.78, 5) is 18.5. The number of aliphatic imine (C=N–C) groups is 1. The lowest BCUT2D eigenvalue weighted by atomic mass is 10.0. The zero-order valence-corrected chi connectivity index (χ0v) is 19.2. The number of ether oxygens (including phenoxy) is 2. The number of carbonyl (C=O) groups excluding carboxylic acids is 1. The number of guanidine groups is 1. The molecule has 7 nitrogen and oxygen atoms in total. The van der Waals surface area contributed by atoms with Gasteiger partial charge in [0.25, 0.3) is 0 Å². The van der Waals surface area contributed by atoms with Gasteiger partial charge in [0.05, 0.1) is 12.7 Å². The predicted octanol–water partition coefficient (Wildman–Crippen LogP) is 2.69. The third-order valence-corrected chi connectivity index (χ3v) is 5.97. The number of benzene rings is 1. The highest BCUT2D eigenvalue weighted by molar-refractivity contribution is 5.80. The first-order valence-electron chi connectivity index (χ1n) is 11.6. The molecule has 0 aliphatic carbocycles. The molecule has 2 saturated heterocycles. The highest BCUT2D eigenvalue weighted by Crippen LogP contribution is 2.15. The molecule has 0 spiro atoms. The van der Waals surface area contributed by atoms with E-state index in [1.807, 2.05) is 18.7 Å². The van der Waals surface area contributed by atoms with Crippen molar-refractivity contribution in [3.05, 3.63) is 35.4 Å². The average molecular weight is 431 g/mol. The molecule has 2 N–H and O–H groups in total. The maximum atomic E-state index is 12.2. The Morgan fingerprint density at radius 1 is 1.19 bits per heavy atom. The third kappa shape index (κ3) is 7.51. The van der Waals surface area contributed by atoms with Crippen LogP contribution in [-0.2, 0) is 27.4 Å². The van der Waals surface area contributed by atoms with Crippen molar-refractivity contribution in [3.63, 3.8) is 0 Å². The van der Waals surface area contributed by atoms with Gasteiger partial charge in [-0.25, -0.2) is 0 Å². The lowest BCUT2D eigenvalue weighted by Gasteiger charge is -2.34. The zero-order chi connectivity index (χ0) is 22.1. The minimum absolute atomic E-state index is 0.0665. The Bertz CT molecular complexity index is 723. The number of rotatable bonds is 7. The van der Waals surface area contributed by atoms with Gasteiger partial charge in [-0.15, -0.1) is 0 Å². The third-order valence-electron chi connectivity index (χ3n) is 5.97. The summed E-state index contributed by atoms with van der Waals surface area (Å²) in [7, 11) is 1.80. The smallest absolute Gasteiger partial charge is 0.225 e. The molecule has 0 atom stereocenters. The van der Waals surface area contributed by atoms with Crippen molar-refractivity contribution < 1.29 is 14.3 Å². The Balaban J connectivity index is 1.42. The van der Waals surface area contributed by atoms with Crippen molar-refractivity contribution in [2.45, 2.75) is 64.8 Å². The molecule has 2 heterocycles. The van der Waals surface area contributed by atoms with E-state index < -0.39 is 0 Å². The highest BCUT2D eigenvalue weighted by atomic mass is 16.5. The van der Waals surface area contributed by atoms with Gasteiger partial charge in [0.15, 0.2) is 5.96 Å². The Morgan fingerprint density at radius 3 is 2.58 bits per heavy atom. The first kappa shape index (κ1) is 23.5. The Morgan fingerprint density at radius 2 is 1.90 bits per heavy atom. The number of amides is 1. The largest absolute Gasteiger partial charge is 0.381 e. The molecule has 1 aromatic rings. The van der Waals surface area contributed by atoms with Gasteiger partial charge in [0.2, 0.25) is 5.91 Å². The molecule has 0 radical (unpaired) electrons. The minimum Gasteiger partial charge on any atom is -0.381 e. The van der Waals surface area contributed by atoms with Crippen molar-refractivity contribution in [2.24, 2.45) is 10.9 Å². The topological polar surface area (TPSA) is 75.2 Å². The second kappa shape index (κ2) is 12.1. The molecule has 2 aliphatic rings. The summed E-state index contributed by atoms with van der Waals surface area (Å²) in [6.45, 7) is 8.48. The Hall–Kier alpha value is -2.12. The second-order valence-electron chi connectivity index (χ2n) is 8.77. The molecule has 172 valence electrons. The number of hydrogen-bond acceptors (Lipinski definition) is 4. The molecular formula is C24H38N4O3. The van der Waals surface area contributed by atoms with Crippen molar-refractivity contribution >= 4 is 11.9 Å². The first-order valence-corrected chi connectivity index (χ1v) is 11.6. The maximum absolute atomic E-state index is 12.2. The molecule has 31 heavy (non-hydrogen) atoms. The molecule has 1 aromatic carbocycles. The van der Waals surface area contributed by atoms with Gasteiger partial charge in [-0.2, -0.15) is 0 Å². The van der Waals surface area contributed by atoms with E-state index in [0.717, 1.165) is 57.9 Å². The molecule has 0 unspecified atom stereocenters. The van der Waals surface area contributed by atoms with Crippen LogP contribution in [0.2, 0.25) is 0 Å². The number of hydrogen-bond donors (Lipinski definition) is 2. The summed E-state index contributed by atoms with van der Waals surface area (Å²) >= 11 is 0. The van der Waals surface area contributed by atoms with Crippen molar-refractivity contribution in [2.75, 3.05) is 33.4 Å². The fourth-order valence-corrected chi connectivity index (χ4v) is 4.07. The summed E-state index contributed by atoms with van der Waals surface area (Å²) in [6.07, 6.45) is 4.15. The van der Waals surface area contributed by atoms with Crippen LogP contribution in [0.4, 0.5) is 0 Å². The van der Waals surface area contributed by atoms with Crippen LogP contribution in [0, 0.1) is 5.92 Å². The van der Waals surface area contributed by atoms with Gasteiger partial charge in [-0.05, 0) is 36.8 Å². The first-order chi connectivity index (χ1) is 15.0. The van der Waals surface area contributed by atoms with E-state index in [9.17, 15) is 4.79 Å². The molecule has 0 saturated carbocycles. The number of likely N-dealkylation sites (tertiary alicyclic amines) is 1. The van der Waals surface area contributed by atoms with Gasteiger partial charge in [-0.3, -0.25) is 9.79 Å². The van der Waals surface area contributed by atoms with E-state index in [-0.39, 0.29) is 11.8 Å². The summed E-state index contributed by atoms with van der Waals surface area (Å²) in [5, 5.41) is 6.93. The van der Waals surface area contributed by atoms with Gasteiger partial charge < -0.3 is 25.0 Å². The van der Waals surface area contributed by atoms with E-state index >= 15 is 0 Å². The van der Waals surface area contributed by atoms with Crippen LogP contribution in [0.15, 0.2) is 29.3 Å². The minimum atomic E-state index is 0.0665. The van der Waals surface area contributed by atoms with E-state index in [1.54, 1.807) is 7.05 Å². The Kier molecular flexibility index (Phi) is 9.15. The molecule has 7 heteroatoms. The number of nitrogens with zero attached hydrogens (tertiary/aromatic N) is 2. The van der Waals surface area contributed by atoms with Gasteiger partial charge in [0.1, 0.15) is 0 Å². The lowest BCUT2D eigenvalue weighted by Crippen LogP contribution is -2.50. The van der Waals surface area contributed by atoms with E-state index in [4.69, 9.17) is 9.47 Å². The SMILES string of the molecule is CN=C(NCc1cccc(COC2CCOCC2)c1)NC1CCN(C(=O)C(C)C)CC1. The van der Waals surface area contributed by atoms with Crippen LogP contribution < -0.4 is 10.6 Å². The monoisotopic (exact) mass is 430 g/mol. The molecule has 2 aliphatic heterocycles. The van der Waals surface area contributed by atoms with Crippen LogP contribution in [0.5, 0.6) is 0 Å². The fraction of sp³-hybridized carbons (Fsp3) is 0.667. The molecule has 0 bridgehead atoms. The summed E-state index contributed by atoms with van der Waals surface area (Å²) < 4.78 is 11.4. The zero-order valence-electron chi connectivity index (χ0n) is 19.2. The van der Waals surface area contributed by atoms with E-state index in [2.05, 4.69) is 39.9 Å². The summed E-state index contributed by atoms with van der Waals surface area (Å²) in [5.41, 5.74) is 2.39. The van der Waals surface area contributed by atoms with Crippen molar-refractivity contribution in [3.8, 4) is 0 Å². The maximum Gasteiger partial charge on any atom is 0.225 e. The molecule has 2 fully saturated rings. The van der Waals surface area contributed by atoms with Crippen molar-refractivity contribution in [1.82, 2.24) is 15.5 Å². The standard InChI is InChI=1S/C24H38N4O3/c1-18(2)23(29)28-11-7-21(8-12-28)27-24(25-3)26-16-19-5-4-6-20(15-19)17-31-22-9-13-30-14-10-22/h4-6,15,18,21-22H,7-14,16-17H2,1-3H3,(H2,25,26,27). The fourth-order valence-electron chi connectivity index (χ4n) is 4.07. The molecular weight excluding hydrogens is 392 g/mol. The van der Waals surface area contributed by atoms with Gasteiger partial charge in [0, 0.05) is 51.9 Å². The Labute approximate surface area is 186 Å². The van der Waals surface area contributed by atoms with Crippen LogP contribution in [0.3, 0.4) is 0 Å².